The minimum atomic E-state index is -4.39. The molecule has 0 spiro atoms. The van der Waals surface area contributed by atoms with Gasteiger partial charge in [-0.1, -0.05) is 372 Å². The van der Waals surface area contributed by atoms with Crippen LogP contribution < -0.4 is 5.73 Å². The van der Waals surface area contributed by atoms with E-state index in [9.17, 15) is 19.0 Å². The van der Waals surface area contributed by atoms with Crippen molar-refractivity contribution in [2.75, 3.05) is 26.4 Å². The summed E-state index contributed by atoms with van der Waals surface area (Å²) in [6.45, 7) is 3.83. The summed E-state index contributed by atoms with van der Waals surface area (Å²) in [4.78, 5) is 35.4. The van der Waals surface area contributed by atoms with Crippen LogP contribution in [0, 0.1) is 0 Å². The van der Waals surface area contributed by atoms with E-state index in [2.05, 4.69) is 38.2 Å². The highest BCUT2D eigenvalue weighted by Gasteiger charge is 2.26. The Hall–Kier alpha value is -1.51. The lowest BCUT2D eigenvalue weighted by atomic mass is 10.0. The van der Waals surface area contributed by atoms with Crippen molar-refractivity contribution in [3.63, 3.8) is 0 Å². The topological polar surface area (TPSA) is 134 Å². The van der Waals surface area contributed by atoms with Crippen molar-refractivity contribution >= 4 is 19.8 Å². The van der Waals surface area contributed by atoms with E-state index in [0.717, 1.165) is 32.1 Å². The van der Waals surface area contributed by atoms with Crippen LogP contribution in [0.2, 0.25) is 0 Å². The second-order valence-electron chi connectivity index (χ2n) is 26.6. The normalized spacial score (nSPS) is 12.9. The monoisotopic (exact) mass is 1250 g/mol. The summed E-state index contributed by atoms with van der Waals surface area (Å²) in [5, 5.41) is 0. The summed E-state index contributed by atoms with van der Waals surface area (Å²) >= 11 is 0. The number of phosphoric ester groups is 1. The highest BCUT2D eigenvalue weighted by Crippen LogP contribution is 2.43. The van der Waals surface area contributed by atoms with Crippen LogP contribution in [-0.4, -0.2) is 49.3 Å². The molecule has 0 saturated carbocycles. The number of hydrogen-bond acceptors (Lipinski definition) is 8. The van der Waals surface area contributed by atoms with Crippen molar-refractivity contribution < 1.29 is 37.6 Å². The molecule has 0 amide bonds. The Bertz CT molecular complexity index is 1470. The van der Waals surface area contributed by atoms with E-state index >= 15 is 0 Å². The molecule has 2 unspecified atom stereocenters. The zero-order valence-corrected chi connectivity index (χ0v) is 59.2. The van der Waals surface area contributed by atoms with Gasteiger partial charge < -0.3 is 20.1 Å². The third kappa shape index (κ3) is 73.4. The zero-order valence-electron chi connectivity index (χ0n) is 58.3. The molecule has 0 fully saturated rings. The van der Waals surface area contributed by atoms with Crippen LogP contribution >= 0.6 is 7.82 Å². The Morgan fingerprint density at radius 3 is 0.816 bits per heavy atom. The second-order valence-corrected chi connectivity index (χ2v) is 28.0. The summed E-state index contributed by atoms with van der Waals surface area (Å²) in [5.41, 5.74) is 5.41. The van der Waals surface area contributed by atoms with Crippen LogP contribution in [0.3, 0.4) is 0 Å². The first-order valence-electron chi connectivity index (χ1n) is 38.8. The molecule has 0 aromatic rings. The number of carbonyl (C=O) groups is 2. The first-order valence-corrected chi connectivity index (χ1v) is 40.3. The molecule has 2 atom stereocenters. The number of nitrogens with two attached hydrogens (primary N) is 1. The average Bonchev–Trinajstić information content (AvgIpc) is 3.64. The van der Waals surface area contributed by atoms with Gasteiger partial charge in [-0.3, -0.25) is 18.6 Å². The van der Waals surface area contributed by atoms with Crippen molar-refractivity contribution in [2.24, 2.45) is 5.73 Å². The van der Waals surface area contributed by atoms with Gasteiger partial charge >= 0.3 is 19.8 Å². The molecule has 0 aliphatic carbocycles. The fraction of sp³-hybridized carbons (Fsp3) is 0.922. The molecular formula is C77H150NO8P. The maximum atomic E-state index is 12.8. The molecule has 10 heteroatoms. The van der Waals surface area contributed by atoms with E-state index in [0.29, 0.717) is 6.42 Å². The van der Waals surface area contributed by atoms with Gasteiger partial charge in [0.2, 0.25) is 0 Å². The van der Waals surface area contributed by atoms with E-state index in [1.165, 1.54) is 360 Å². The summed E-state index contributed by atoms with van der Waals surface area (Å²) in [6, 6.07) is 0. The van der Waals surface area contributed by atoms with E-state index in [1.54, 1.807) is 0 Å². The third-order valence-electron chi connectivity index (χ3n) is 17.8. The molecule has 516 valence electrons. The van der Waals surface area contributed by atoms with E-state index in [4.69, 9.17) is 24.3 Å². The van der Waals surface area contributed by atoms with Crippen LogP contribution in [0.15, 0.2) is 24.3 Å². The molecule has 0 radical (unpaired) electrons. The first-order chi connectivity index (χ1) is 42.8. The van der Waals surface area contributed by atoms with Gasteiger partial charge in [0.05, 0.1) is 13.2 Å². The first kappa shape index (κ1) is 85.5. The lowest BCUT2D eigenvalue weighted by Gasteiger charge is -2.19. The molecule has 0 heterocycles. The van der Waals surface area contributed by atoms with Crippen LogP contribution in [0.1, 0.15) is 425 Å². The number of hydrogen-bond donors (Lipinski definition) is 2. The van der Waals surface area contributed by atoms with Gasteiger partial charge in [-0.05, 0) is 64.2 Å². The molecule has 0 aliphatic heterocycles. The number of phosphoric acid groups is 1. The predicted molar refractivity (Wildman–Crippen MR) is 377 cm³/mol. The molecular weight excluding hydrogens is 1100 g/mol. The van der Waals surface area contributed by atoms with Crippen molar-refractivity contribution in [1.82, 2.24) is 0 Å². The Kier molecular flexibility index (Phi) is 72.3. The van der Waals surface area contributed by atoms with Crippen molar-refractivity contribution in [3.8, 4) is 0 Å². The minimum Gasteiger partial charge on any atom is -0.462 e. The summed E-state index contributed by atoms with van der Waals surface area (Å²) in [7, 11) is -4.39. The Morgan fingerprint density at radius 1 is 0.333 bits per heavy atom. The van der Waals surface area contributed by atoms with Gasteiger partial charge in [0.1, 0.15) is 6.61 Å². The molecule has 0 rings (SSSR count). The van der Waals surface area contributed by atoms with Gasteiger partial charge in [-0.25, -0.2) is 4.57 Å². The van der Waals surface area contributed by atoms with Crippen molar-refractivity contribution in [2.45, 2.75) is 431 Å². The lowest BCUT2D eigenvalue weighted by molar-refractivity contribution is -0.161. The van der Waals surface area contributed by atoms with Gasteiger partial charge in [0.25, 0.3) is 0 Å². The highest BCUT2D eigenvalue weighted by molar-refractivity contribution is 7.47. The molecule has 0 aromatic carbocycles. The van der Waals surface area contributed by atoms with Crippen LogP contribution in [-0.2, 0) is 32.7 Å². The summed E-state index contributed by atoms with van der Waals surface area (Å²) in [6.07, 6.45) is 91.8. The number of esters is 2. The van der Waals surface area contributed by atoms with Gasteiger partial charge in [0, 0.05) is 19.4 Å². The third-order valence-corrected chi connectivity index (χ3v) is 18.8. The number of rotatable bonds is 75. The molecule has 0 aliphatic rings. The van der Waals surface area contributed by atoms with E-state index in [1.807, 2.05) is 0 Å². The van der Waals surface area contributed by atoms with E-state index < -0.39 is 26.5 Å². The van der Waals surface area contributed by atoms with Gasteiger partial charge in [0.15, 0.2) is 6.10 Å². The molecule has 0 bridgehead atoms. The lowest BCUT2D eigenvalue weighted by Crippen LogP contribution is -2.29. The molecule has 87 heavy (non-hydrogen) atoms. The minimum absolute atomic E-state index is 0.0571. The second kappa shape index (κ2) is 73.5. The maximum Gasteiger partial charge on any atom is 0.472 e. The largest absolute Gasteiger partial charge is 0.472 e. The fourth-order valence-corrected chi connectivity index (χ4v) is 12.8. The summed E-state index contributed by atoms with van der Waals surface area (Å²) in [5.74, 6) is -0.801. The smallest absolute Gasteiger partial charge is 0.462 e. The van der Waals surface area contributed by atoms with Crippen LogP contribution in [0.5, 0.6) is 0 Å². The number of carbonyl (C=O) groups excluding carboxylic acids is 2. The van der Waals surface area contributed by atoms with Crippen molar-refractivity contribution in [3.05, 3.63) is 24.3 Å². The van der Waals surface area contributed by atoms with Gasteiger partial charge in [-0.2, -0.15) is 0 Å². The van der Waals surface area contributed by atoms with E-state index in [-0.39, 0.29) is 38.6 Å². The molecule has 0 aromatic heterocycles. The van der Waals surface area contributed by atoms with Crippen LogP contribution in [0.25, 0.3) is 0 Å². The Balaban J connectivity index is 3.74. The Morgan fingerprint density at radius 2 is 0.563 bits per heavy atom. The Labute approximate surface area is 542 Å². The van der Waals surface area contributed by atoms with Gasteiger partial charge in [-0.15, -0.1) is 0 Å². The quantitative estimate of drug-likeness (QED) is 0.0264. The predicted octanol–water partition coefficient (Wildman–Crippen LogP) is 25.7. The fourth-order valence-electron chi connectivity index (χ4n) is 12.0. The molecule has 0 saturated heterocycles. The van der Waals surface area contributed by atoms with Crippen LogP contribution in [0.4, 0.5) is 0 Å². The van der Waals surface area contributed by atoms with Crippen molar-refractivity contribution in [1.29, 1.82) is 0 Å². The average molecular weight is 1250 g/mol. The summed E-state index contributed by atoms with van der Waals surface area (Å²) < 4.78 is 33.2. The number of ether oxygens (including phenoxy) is 2. The number of allylic oxidation sites excluding steroid dienone is 4. The molecule has 3 N–H and O–H groups in total. The SMILES string of the molecule is CCCCCCCCCC/C=C\CCCCCCCCCCCCCCCCCCCCCCCCCCCCCC(=O)OC(COC(=O)CCCCCCCCCCCCCCCCC/C=C\CCCCCCCCCC)COP(=O)(O)OCCN. The zero-order chi connectivity index (χ0) is 63.0. The number of unbranched alkanes of at least 4 members (excludes halogenated alkanes) is 58. The highest BCUT2D eigenvalue weighted by atomic mass is 31.2. The standard InChI is InChI=1S/C77H150NO8P/c1-3-5-7-9-11-13-15-17-19-21-23-25-27-29-31-32-33-34-35-36-37-38-39-40-41-42-44-46-48-50-52-54-56-58-60-62-64-66-68-70-77(80)86-75(74-85-87(81,82)84-72-71-78)73-83-76(79)69-67-65-63-61-59-57-55-53-51-49-47-45-43-30-28-26-24-22-20-18-16-14-12-10-8-6-4-2/h21-24,75H,3-20,25-74,78H2,1-2H3,(H,81,82)/b23-21-,24-22-. The maximum absolute atomic E-state index is 12.8. The molecule has 9 nitrogen and oxygen atoms in total.